The third kappa shape index (κ3) is 4.59. The average Bonchev–Trinajstić information content (AvgIpc) is 3.23. The van der Waals surface area contributed by atoms with Crippen LogP contribution in [0.5, 0.6) is 0 Å². The van der Waals surface area contributed by atoms with Crippen molar-refractivity contribution in [1.29, 1.82) is 0 Å². The SMILES string of the molecule is O=C(c1cnc(-c2ccccc2F)s1)N1CCC(CCN2CCOCC2)CC1. The van der Waals surface area contributed by atoms with Crippen molar-refractivity contribution in [1.82, 2.24) is 14.8 Å². The number of hydrogen-bond donors (Lipinski definition) is 0. The Bertz CT molecular complexity index is 798. The lowest BCUT2D eigenvalue weighted by Gasteiger charge is -2.33. The van der Waals surface area contributed by atoms with Gasteiger partial charge in [0.05, 0.1) is 19.4 Å². The zero-order valence-electron chi connectivity index (χ0n) is 16.0. The van der Waals surface area contributed by atoms with E-state index in [1.54, 1.807) is 24.4 Å². The summed E-state index contributed by atoms with van der Waals surface area (Å²) < 4.78 is 19.4. The molecule has 1 aromatic heterocycles. The molecule has 0 aliphatic carbocycles. The molecule has 28 heavy (non-hydrogen) atoms. The van der Waals surface area contributed by atoms with E-state index in [1.807, 2.05) is 4.90 Å². The molecular formula is C21H26FN3O2S. The van der Waals surface area contributed by atoms with Crippen LogP contribution in [0.2, 0.25) is 0 Å². The van der Waals surface area contributed by atoms with Crippen molar-refractivity contribution in [3.05, 3.63) is 41.2 Å². The standard InChI is InChI=1S/C21H26FN3O2S/c22-18-4-2-1-3-17(18)20-23-15-19(28-20)21(26)25-9-6-16(7-10-25)5-8-24-11-13-27-14-12-24/h1-4,15-16H,5-14H2. The predicted molar refractivity (Wildman–Crippen MR) is 108 cm³/mol. The first kappa shape index (κ1) is 19.5. The molecule has 0 bridgehead atoms. The summed E-state index contributed by atoms with van der Waals surface area (Å²) >= 11 is 1.27. The van der Waals surface area contributed by atoms with Gasteiger partial charge in [-0.05, 0) is 43.9 Å². The first-order valence-electron chi connectivity index (χ1n) is 10.0. The molecule has 0 unspecified atom stereocenters. The van der Waals surface area contributed by atoms with Crippen LogP contribution in [0, 0.1) is 11.7 Å². The molecule has 0 spiro atoms. The zero-order chi connectivity index (χ0) is 19.3. The maximum Gasteiger partial charge on any atom is 0.265 e. The van der Waals surface area contributed by atoms with Crippen molar-refractivity contribution in [2.24, 2.45) is 5.92 Å². The number of piperidine rings is 1. The zero-order valence-corrected chi connectivity index (χ0v) is 16.8. The number of likely N-dealkylation sites (tertiary alicyclic amines) is 1. The van der Waals surface area contributed by atoms with Crippen LogP contribution < -0.4 is 0 Å². The Labute approximate surface area is 169 Å². The minimum absolute atomic E-state index is 0.0201. The first-order chi connectivity index (χ1) is 13.7. The Morgan fingerprint density at radius 3 is 2.68 bits per heavy atom. The van der Waals surface area contributed by atoms with Crippen molar-refractivity contribution in [2.75, 3.05) is 45.9 Å². The number of halogens is 1. The van der Waals surface area contributed by atoms with E-state index >= 15 is 0 Å². The van der Waals surface area contributed by atoms with Crippen LogP contribution in [-0.2, 0) is 4.74 Å². The van der Waals surface area contributed by atoms with Gasteiger partial charge in [-0.1, -0.05) is 12.1 Å². The molecule has 0 atom stereocenters. The van der Waals surface area contributed by atoms with Crippen molar-refractivity contribution < 1.29 is 13.9 Å². The maximum atomic E-state index is 14.0. The molecule has 1 aromatic carbocycles. The number of thiazole rings is 1. The lowest BCUT2D eigenvalue weighted by atomic mass is 9.93. The number of amides is 1. The summed E-state index contributed by atoms with van der Waals surface area (Å²) in [5.74, 6) is 0.394. The number of rotatable bonds is 5. The molecule has 3 heterocycles. The van der Waals surface area contributed by atoms with Crippen molar-refractivity contribution in [3.8, 4) is 10.6 Å². The fourth-order valence-electron chi connectivity index (χ4n) is 3.90. The number of aromatic nitrogens is 1. The van der Waals surface area contributed by atoms with Gasteiger partial charge in [0.15, 0.2) is 0 Å². The number of hydrogen-bond acceptors (Lipinski definition) is 5. The Morgan fingerprint density at radius 2 is 1.93 bits per heavy atom. The molecule has 0 radical (unpaired) electrons. The second-order valence-corrected chi connectivity index (χ2v) is 8.52. The molecule has 2 aliphatic heterocycles. The van der Waals surface area contributed by atoms with Gasteiger partial charge in [0.1, 0.15) is 15.7 Å². The molecule has 150 valence electrons. The second-order valence-electron chi connectivity index (χ2n) is 7.49. The maximum absolute atomic E-state index is 14.0. The van der Waals surface area contributed by atoms with Crippen molar-refractivity contribution in [3.63, 3.8) is 0 Å². The van der Waals surface area contributed by atoms with Gasteiger partial charge in [0.25, 0.3) is 5.91 Å². The van der Waals surface area contributed by atoms with E-state index in [4.69, 9.17) is 4.74 Å². The Morgan fingerprint density at radius 1 is 1.18 bits per heavy atom. The minimum Gasteiger partial charge on any atom is -0.379 e. The normalized spacial score (nSPS) is 19.1. The summed E-state index contributed by atoms with van der Waals surface area (Å²) in [6.07, 6.45) is 4.88. The van der Waals surface area contributed by atoms with Crippen LogP contribution in [0.15, 0.2) is 30.5 Å². The van der Waals surface area contributed by atoms with E-state index in [2.05, 4.69) is 9.88 Å². The Hall–Kier alpha value is -1.83. The average molecular weight is 404 g/mol. The number of benzene rings is 1. The van der Waals surface area contributed by atoms with Gasteiger partial charge >= 0.3 is 0 Å². The smallest absolute Gasteiger partial charge is 0.265 e. The molecule has 5 nitrogen and oxygen atoms in total. The largest absolute Gasteiger partial charge is 0.379 e. The summed E-state index contributed by atoms with van der Waals surface area (Å²) in [4.78, 5) is 22.1. The number of ether oxygens (including phenoxy) is 1. The lowest BCUT2D eigenvalue weighted by molar-refractivity contribution is 0.0332. The third-order valence-corrected chi connectivity index (χ3v) is 6.70. The van der Waals surface area contributed by atoms with Crippen LogP contribution in [0.25, 0.3) is 10.6 Å². The van der Waals surface area contributed by atoms with Gasteiger partial charge in [0, 0.05) is 31.7 Å². The molecular weight excluding hydrogens is 377 g/mol. The Balaban J connectivity index is 1.29. The van der Waals surface area contributed by atoms with Gasteiger partial charge in [-0.2, -0.15) is 0 Å². The summed E-state index contributed by atoms with van der Waals surface area (Å²) in [5, 5.41) is 0.557. The molecule has 4 rings (SSSR count). The molecule has 2 aliphatic rings. The van der Waals surface area contributed by atoms with Crippen LogP contribution in [-0.4, -0.2) is 66.6 Å². The van der Waals surface area contributed by atoms with Crippen LogP contribution >= 0.6 is 11.3 Å². The van der Waals surface area contributed by atoms with E-state index in [0.717, 1.165) is 58.8 Å². The molecule has 2 aromatic rings. The highest BCUT2D eigenvalue weighted by molar-refractivity contribution is 7.16. The monoisotopic (exact) mass is 403 g/mol. The molecule has 0 saturated carbocycles. The van der Waals surface area contributed by atoms with Gasteiger partial charge in [-0.25, -0.2) is 9.37 Å². The quantitative estimate of drug-likeness (QED) is 0.766. The van der Waals surface area contributed by atoms with Crippen molar-refractivity contribution >= 4 is 17.2 Å². The summed E-state index contributed by atoms with van der Waals surface area (Å²) in [6, 6.07) is 6.55. The minimum atomic E-state index is -0.308. The van der Waals surface area contributed by atoms with E-state index in [9.17, 15) is 9.18 Å². The van der Waals surface area contributed by atoms with E-state index in [1.165, 1.54) is 23.8 Å². The molecule has 2 saturated heterocycles. The van der Waals surface area contributed by atoms with E-state index in [0.29, 0.717) is 21.4 Å². The molecule has 7 heteroatoms. The highest BCUT2D eigenvalue weighted by Crippen LogP contribution is 2.29. The number of carbonyl (C=O) groups is 1. The summed E-state index contributed by atoms with van der Waals surface area (Å²) in [7, 11) is 0. The fraction of sp³-hybridized carbons (Fsp3) is 0.524. The van der Waals surface area contributed by atoms with Crippen LogP contribution in [0.1, 0.15) is 28.9 Å². The van der Waals surface area contributed by atoms with Crippen molar-refractivity contribution in [2.45, 2.75) is 19.3 Å². The highest BCUT2D eigenvalue weighted by atomic mass is 32.1. The van der Waals surface area contributed by atoms with Crippen LogP contribution in [0.3, 0.4) is 0 Å². The number of carbonyl (C=O) groups excluding carboxylic acids is 1. The molecule has 0 N–H and O–H groups in total. The predicted octanol–water partition coefficient (Wildman–Crippen LogP) is 3.52. The fourth-order valence-corrected chi connectivity index (χ4v) is 4.81. The lowest BCUT2D eigenvalue weighted by Crippen LogP contribution is -2.40. The highest BCUT2D eigenvalue weighted by Gasteiger charge is 2.25. The van der Waals surface area contributed by atoms with Gasteiger partial charge < -0.3 is 9.64 Å². The summed E-state index contributed by atoms with van der Waals surface area (Å²) in [5.41, 5.74) is 0.452. The third-order valence-electron chi connectivity index (χ3n) is 5.68. The number of nitrogens with zero attached hydrogens (tertiary/aromatic N) is 3. The Kier molecular flexibility index (Phi) is 6.34. The summed E-state index contributed by atoms with van der Waals surface area (Å²) in [6.45, 7) is 6.47. The van der Waals surface area contributed by atoms with Gasteiger partial charge in [0.2, 0.25) is 0 Å². The van der Waals surface area contributed by atoms with Crippen LogP contribution in [0.4, 0.5) is 4.39 Å². The van der Waals surface area contributed by atoms with Gasteiger partial charge in [-0.15, -0.1) is 11.3 Å². The molecule has 1 amide bonds. The van der Waals surface area contributed by atoms with Gasteiger partial charge in [-0.3, -0.25) is 9.69 Å². The van der Waals surface area contributed by atoms with E-state index in [-0.39, 0.29) is 11.7 Å². The second kappa shape index (κ2) is 9.11. The first-order valence-corrected chi connectivity index (χ1v) is 10.8. The molecule has 2 fully saturated rings. The number of morpholine rings is 1. The topological polar surface area (TPSA) is 45.7 Å². The van der Waals surface area contributed by atoms with E-state index < -0.39 is 0 Å².